The molecule has 5 N–H and O–H groups in total. The van der Waals surface area contributed by atoms with Gasteiger partial charge >= 0.3 is 13.3 Å². The summed E-state index contributed by atoms with van der Waals surface area (Å²) >= 11 is 0. The molecule has 5 rings (SSSR count). The van der Waals surface area contributed by atoms with Crippen molar-refractivity contribution in [3.05, 3.63) is 35.5 Å². The first kappa shape index (κ1) is 31.5. The number of aromatic nitrogens is 1. The van der Waals surface area contributed by atoms with E-state index in [2.05, 4.69) is 15.6 Å². The average Bonchev–Trinajstić information content (AvgIpc) is 3.53. The number of hydrogen-bond donors (Lipinski definition) is 5. The first-order valence-corrected chi connectivity index (χ1v) is 15.7. The summed E-state index contributed by atoms with van der Waals surface area (Å²) in [6.45, 7) is 3.67. The minimum absolute atomic E-state index is 0.0748. The minimum atomic E-state index is -5.81. The lowest BCUT2D eigenvalue weighted by atomic mass is 10.1. The number of carbonyl (C=O) groups excluding carboxylic acids is 5. The molecule has 17 heteroatoms. The summed E-state index contributed by atoms with van der Waals surface area (Å²) < 4.78 is 39.8. The summed E-state index contributed by atoms with van der Waals surface area (Å²) in [4.78, 5) is 89.7. The second kappa shape index (κ2) is 11.6. The van der Waals surface area contributed by atoms with Crippen molar-refractivity contribution in [3.8, 4) is 0 Å². The highest BCUT2D eigenvalue weighted by atomic mass is 31.2. The Morgan fingerprint density at radius 1 is 0.977 bits per heavy atom. The fourth-order valence-electron chi connectivity index (χ4n) is 6.00. The summed E-state index contributed by atoms with van der Waals surface area (Å²) in [6, 6.07) is 1.43. The van der Waals surface area contributed by atoms with Crippen molar-refractivity contribution in [3.63, 3.8) is 0 Å². The van der Waals surface area contributed by atoms with E-state index in [1.54, 1.807) is 4.90 Å². The van der Waals surface area contributed by atoms with Crippen LogP contribution >= 0.6 is 7.60 Å². The second-order valence-corrected chi connectivity index (χ2v) is 13.1. The molecule has 0 aliphatic carbocycles. The van der Waals surface area contributed by atoms with E-state index < -0.39 is 42.7 Å². The molecule has 0 bridgehead atoms. The molecule has 14 nitrogen and oxygen atoms in total. The molecule has 44 heavy (non-hydrogen) atoms. The fourth-order valence-corrected chi connectivity index (χ4v) is 6.47. The Labute approximate surface area is 250 Å². The van der Waals surface area contributed by atoms with Crippen LogP contribution in [0.25, 0.3) is 10.9 Å². The minimum Gasteiger partial charge on any atom is -0.351 e. The normalized spacial score (nSPS) is 23.1. The van der Waals surface area contributed by atoms with Crippen molar-refractivity contribution < 1.29 is 47.1 Å². The number of likely N-dealkylation sites (tertiary alicyclic amines) is 1. The molecule has 3 fully saturated rings. The van der Waals surface area contributed by atoms with Gasteiger partial charge in [0.1, 0.15) is 17.8 Å². The molecule has 5 amide bonds. The number of benzene rings is 1. The molecular weight excluding hydrogens is 605 g/mol. The topological polar surface area (TPSA) is 192 Å². The van der Waals surface area contributed by atoms with Crippen molar-refractivity contribution in [2.24, 2.45) is 0 Å². The smallest absolute Gasteiger partial charge is 0.351 e. The maximum absolute atomic E-state index is 14.2. The van der Waals surface area contributed by atoms with Crippen LogP contribution < -0.4 is 10.6 Å². The monoisotopic (exact) mass is 638 g/mol. The number of carbonyl (C=O) groups is 5. The zero-order valence-corrected chi connectivity index (χ0v) is 24.9. The molecule has 0 radical (unpaired) electrons. The molecule has 238 valence electrons. The van der Waals surface area contributed by atoms with Crippen LogP contribution in [0.5, 0.6) is 0 Å². The number of halogens is 2. The van der Waals surface area contributed by atoms with Crippen LogP contribution in [0.3, 0.4) is 0 Å². The van der Waals surface area contributed by atoms with Crippen molar-refractivity contribution >= 4 is 48.0 Å². The van der Waals surface area contributed by atoms with Gasteiger partial charge in [-0.05, 0) is 37.5 Å². The maximum atomic E-state index is 14.2. The van der Waals surface area contributed by atoms with Crippen molar-refractivity contribution in [1.82, 2.24) is 30.3 Å². The molecule has 0 saturated carbocycles. The largest absolute Gasteiger partial charge is 0.399 e. The summed E-state index contributed by atoms with van der Waals surface area (Å²) in [6.07, 6.45) is 1.35. The first-order chi connectivity index (χ1) is 20.6. The van der Waals surface area contributed by atoms with Gasteiger partial charge in [-0.1, -0.05) is 6.07 Å². The SMILES string of the molecule is CC(=O)N1CC(NC(=O)[C@@H]2CC[C@@H]3CCN(C(C)=O)C[C@H](NC(=O)c4cc5cc(C(F)(F)P(=O)(O)O)ccc5[nH]4)C(=O)N32)C1. The number of nitrogens with one attached hydrogen (secondary N) is 3. The third-order valence-corrected chi connectivity index (χ3v) is 9.49. The quantitative estimate of drug-likeness (QED) is 0.282. The van der Waals surface area contributed by atoms with E-state index in [0.29, 0.717) is 38.9 Å². The first-order valence-electron chi connectivity index (χ1n) is 14.1. The molecule has 3 saturated heterocycles. The predicted molar refractivity (Wildman–Crippen MR) is 150 cm³/mol. The summed E-state index contributed by atoms with van der Waals surface area (Å²) in [5.41, 5.74) is -5.27. The van der Waals surface area contributed by atoms with Crippen LogP contribution in [0.15, 0.2) is 24.3 Å². The van der Waals surface area contributed by atoms with Gasteiger partial charge in [-0.25, -0.2) is 0 Å². The van der Waals surface area contributed by atoms with E-state index in [1.165, 1.54) is 29.7 Å². The highest BCUT2D eigenvalue weighted by Crippen LogP contribution is 2.59. The van der Waals surface area contributed by atoms with Gasteiger partial charge in [-0.15, -0.1) is 0 Å². The lowest BCUT2D eigenvalue weighted by molar-refractivity contribution is -0.145. The van der Waals surface area contributed by atoms with Gasteiger partial charge in [-0.3, -0.25) is 28.5 Å². The van der Waals surface area contributed by atoms with Crippen LogP contribution in [0.1, 0.15) is 49.2 Å². The van der Waals surface area contributed by atoms with Gasteiger partial charge in [0.05, 0.1) is 6.04 Å². The van der Waals surface area contributed by atoms with E-state index >= 15 is 0 Å². The standard InChI is InChI=1S/C27H33F2N6O8P/c1-14(36)33-8-7-19-4-6-23(25(39)30-18-11-34(12-18)15(2)37)35(19)26(40)22(13-33)32-24(38)21-10-16-9-17(3-5-20(16)31-21)27(28,29)44(41,42)43/h3,5,9-10,18-19,22-23,31H,4,6-8,11-13H2,1-2H3,(H,30,39)(H,32,38)(H2,41,42,43)/t19-,22+,23+/m1/s1. The highest BCUT2D eigenvalue weighted by Gasteiger charge is 2.50. The van der Waals surface area contributed by atoms with E-state index in [4.69, 9.17) is 9.79 Å². The molecule has 1 aromatic heterocycles. The Balaban J connectivity index is 1.36. The zero-order valence-electron chi connectivity index (χ0n) is 24.0. The zero-order chi connectivity index (χ0) is 32.1. The number of rotatable bonds is 6. The summed E-state index contributed by atoms with van der Waals surface area (Å²) in [7, 11) is -5.81. The van der Waals surface area contributed by atoms with E-state index in [1.807, 2.05) is 0 Å². The van der Waals surface area contributed by atoms with Crippen LogP contribution in [-0.2, 0) is 29.4 Å². The van der Waals surface area contributed by atoms with Crippen molar-refractivity contribution in [2.75, 3.05) is 26.2 Å². The van der Waals surface area contributed by atoms with Crippen LogP contribution in [-0.4, -0.2) is 109 Å². The Hall–Kier alpha value is -3.88. The van der Waals surface area contributed by atoms with Gasteiger partial charge in [-0.2, -0.15) is 8.78 Å². The number of alkyl halides is 2. The second-order valence-electron chi connectivity index (χ2n) is 11.5. The summed E-state index contributed by atoms with van der Waals surface area (Å²) in [5.74, 6) is -2.10. The Kier molecular flexibility index (Phi) is 8.29. The number of H-pyrrole nitrogens is 1. The lowest BCUT2D eigenvalue weighted by Crippen LogP contribution is -2.64. The lowest BCUT2D eigenvalue weighted by Gasteiger charge is -2.41. The predicted octanol–water partition coefficient (Wildman–Crippen LogP) is 0.452. The van der Waals surface area contributed by atoms with Crippen LogP contribution in [0, 0.1) is 0 Å². The third-order valence-electron chi connectivity index (χ3n) is 8.50. The van der Waals surface area contributed by atoms with Crippen molar-refractivity contribution in [1.29, 1.82) is 0 Å². The van der Waals surface area contributed by atoms with Gasteiger partial charge in [0.2, 0.25) is 23.6 Å². The third kappa shape index (κ3) is 5.93. The Morgan fingerprint density at radius 3 is 2.30 bits per heavy atom. The maximum Gasteiger partial charge on any atom is 0.399 e. The van der Waals surface area contributed by atoms with Crippen LogP contribution in [0.2, 0.25) is 0 Å². The Bertz CT molecular complexity index is 1570. The van der Waals surface area contributed by atoms with Gasteiger partial charge in [0.25, 0.3) is 5.91 Å². The summed E-state index contributed by atoms with van der Waals surface area (Å²) in [5, 5.41) is 5.59. The molecule has 4 heterocycles. The molecular formula is C27H33F2N6O8P. The van der Waals surface area contributed by atoms with Gasteiger partial charge < -0.3 is 40.1 Å². The van der Waals surface area contributed by atoms with E-state index in [0.717, 1.165) is 18.2 Å². The Morgan fingerprint density at radius 2 is 1.66 bits per heavy atom. The number of nitrogens with zero attached hydrogens (tertiary/aromatic N) is 3. The molecule has 3 aliphatic heterocycles. The van der Waals surface area contributed by atoms with Crippen molar-refractivity contribution in [2.45, 2.75) is 62.9 Å². The highest BCUT2D eigenvalue weighted by molar-refractivity contribution is 7.52. The van der Waals surface area contributed by atoms with Gasteiger partial charge in [0.15, 0.2) is 0 Å². The van der Waals surface area contributed by atoms with Gasteiger partial charge in [0, 0.05) is 62.5 Å². The number of fused-ring (bicyclic) bond motifs is 2. The fraction of sp³-hybridized carbons (Fsp3) is 0.519. The number of aromatic amines is 1. The number of hydrogen-bond acceptors (Lipinski definition) is 6. The molecule has 1 aromatic carbocycles. The molecule has 3 aliphatic rings. The average molecular weight is 639 g/mol. The van der Waals surface area contributed by atoms with E-state index in [-0.39, 0.29) is 52.9 Å². The molecule has 2 aromatic rings. The molecule has 0 unspecified atom stereocenters. The number of amides is 5. The molecule has 0 spiro atoms. The van der Waals surface area contributed by atoms with Crippen LogP contribution in [0.4, 0.5) is 8.78 Å². The van der Waals surface area contributed by atoms with E-state index in [9.17, 15) is 37.3 Å². The molecule has 3 atom stereocenters.